The van der Waals surface area contributed by atoms with Gasteiger partial charge < -0.3 is 4.74 Å². The zero-order valence-corrected chi connectivity index (χ0v) is 17.6. The van der Waals surface area contributed by atoms with Crippen molar-refractivity contribution in [3.05, 3.63) is 59.2 Å². The standard InChI is InChI=1S/C23H33OSi/c1-6-7-9-14-22(25(4)5)17-20-16-15-18(2)19(3)23(20)24-21-12-10-8-11-13-21/h8,10-13,15-16,22H,6-7,9,14,17H2,1-5H3. The largest absolute Gasteiger partial charge is 0.457 e. The van der Waals surface area contributed by atoms with Crippen LogP contribution in [-0.2, 0) is 6.42 Å². The lowest BCUT2D eigenvalue weighted by Gasteiger charge is -2.23. The van der Waals surface area contributed by atoms with Crippen molar-refractivity contribution in [2.75, 3.05) is 0 Å². The number of ether oxygens (including phenoxy) is 1. The Morgan fingerprint density at radius 1 is 0.960 bits per heavy atom. The Morgan fingerprint density at radius 2 is 1.68 bits per heavy atom. The van der Waals surface area contributed by atoms with Gasteiger partial charge in [0, 0.05) is 8.80 Å². The van der Waals surface area contributed by atoms with E-state index in [2.05, 4.69) is 46.0 Å². The Hall–Kier alpha value is -1.54. The number of unbranched alkanes of at least 4 members (excludes halogenated alkanes) is 2. The maximum atomic E-state index is 6.34. The fourth-order valence-electron chi connectivity index (χ4n) is 3.26. The second-order valence-electron chi connectivity index (χ2n) is 7.39. The van der Waals surface area contributed by atoms with Crippen molar-refractivity contribution >= 4 is 8.80 Å². The van der Waals surface area contributed by atoms with Gasteiger partial charge in [0.05, 0.1) is 0 Å². The van der Waals surface area contributed by atoms with Crippen molar-refractivity contribution in [2.24, 2.45) is 0 Å². The summed E-state index contributed by atoms with van der Waals surface area (Å²) in [5, 5.41) is 0. The van der Waals surface area contributed by atoms with Crippen molar-refractivity contribution in [2.45, 2.75) is 71.5 Å². The van der Waals surface area contributed by atoms with Gasteiger partial charge in [-0.3, -0.25) is 0 Å². The average Bonchev–Trinajstić information content (AvgIpc) is 2.61. The molecule has 0 aromatic heterocycles. The molecule has 1 nitrogen and oxygen atoms in total. The van der Waals surface area contributed by atoms with E-state index in [4.69, 9.17) is 4.74 Å². The van der Waals surface area contributed by atoms with E-state index in [1.54, 1.807) is 0 Å². The number of para-hydroxylation sites is 1. The molecule has 0 bridgehead atoms. The van der Waals surface area contributed by atoms with E-state index in [0.717, 1.165) is 23.5 Å². The first-order valence-corrected chi connectivity index (χ1v) is 12.2. The van der Waals surface area contributed by atoms with Crippen LogP contribution in [0.5, 0.6) is 11.5 Å². The van der Waals surface area contributed by atoms with Crippen LogP contribution in [0.1, 0.15) is 49.3 Å². The molecule has 2 aromatic rings. The molecule has 1 radical (unpaired) electrons. The Balaban J connectivity index is 2.25. The third-order valence-electron chi connectivity index (χ3n) is 5.16. The summed E-state index contributed by atoms with van der Waals surface area (Å²) in [6.07, 6.45) is 6.51. The summed E-state index contributed by atoms with van der Waals surface area (Å²) in [6.45, 7) is 11.6. The van der Waals surface area contributed by atoms with Gasteiger partial charge in [-0.1, -0.05) is 76.0 Å². The highest BCUT2D eigenvalue weighted by atomic mass is 28.3. The van der Waals surface area contributed by atoms with E-state index >= 15 is 0 Å². The predicted octanol–water partition coefficient (Wildman–Crippen LogP) is 7.34. The van der Waals surface area contributed by atoms with Crippen molar-refractivity contribution in [1.29, 1.82) is 0 Å². The van der Waals surface area contributed by atoms with Gasteiger partial charge in [0.15, 0.2) is 0 Å². The predicted molar refractivity (Wildman–Crippen MR) is 112 cm³/mol. The highest BCUT2D eigenvalue weighted by molar-refractivity contribution is 6.57. The van der Waals surface area contributed by atoms with Crippen molar-refractivity contribution in [1.82, 2.24) is 0 Å². The molecule has 0 aliphatic carbocycles. The number of hydrogen-bond donors (Lipinski definition) is 0. The second-order valence-corrected chi connectivity index (χ2v) is 10.4. The second kappa shape index (κ2) is 9.81. The number of hydrogen-bond acceptors (Lipinski definition) is 1. The average molecular weight is 354 g/mol. The lowest BCUT2D eigenvalue weighted by Crippen LogP contribution is -2.15. The monoisotopic (exact) mass is 353 g/mol. The maximum Gasteiger partial charge on any atom is 0.133 e. The van der Waals surface area contributed by atoms with Crippen LogP contribution in [0.25, 0.3) is 0 Å². The molecule has 0 aliphatic heterocycles. The first kappa shape index (κ1) is 19.8. The maximum absolute atomic E-state index is 6.34. The minimum Gasteiger partial charge on any atom is -0.457 e. The first-order valence-electron chi connectivity index (χ1n) is 9.65. The van der Waals surface area contributed by atoms with Crippen LogP contribution in [0.4, 0.5) is 0 Å². The summed E-state index contributed by atoms with van der Waals surface area (Å²) >= 11 is 0. The number of rotatable bonds is 9. The molecule has 25 heavy (non-hydrogen) atoms. The number of benzene rings is 2. The van der Waals surface area contributed by atoms with Gasteiger partial charge in [-0.2, -0.15) is 0 Å². The van der Waals surface area contributed by atoms with Gasteiger partial charge in [-0.25, -0.2) is 0 Å². The van der Waals surface area contributed by atoms with E-state index in [-0.39, 0.29) is 8.80 Å². The molecule has 0 fully saturated rings. The molecule has 2 aromatic carbocycles. The van der Waals surface area contributed by atoms with Crippen molar-refractivity contribution in [3.8, 4) is 11.5 Å². The molecule has 0 saturated heterocycles. The zero-order valence-electron chi connectivity index (χ0n) is 16.6. The highest BCUT2D eigenvalue weighted by Crippen LogP contribution is 2.35. The lowest BCUT2D eigenvalue weighted by molar-refractivity contribution is 0.469. The van der Waals surface area contributed by atoms with Crippen LogP contribution in [0.3, 0.4) is 0 Å². The molecule has 2 rings (SSSR count). The van der Waals surface area contributed by atoms with E-state index in [0.29, 0.717) is 0 Å². The lowest BCUT2D eigenvalue weighted by atomic mass is 9.99. The molecule has 0 aliphatic rings. The van der Waals surface area contributed by atoms with Gasteiger partial charge in [-0.15, -0.1) is 0 Å². The van der Waals surface area contributed by atoms with Crippen LogP contribution < -0.4 is 4.74 Å². The molecule has 0 N–H and O–H groups in total. The zero-order chi connectivity index (χ0) is 18.2. The fraction of sp³-hybridized carbons (Fsp3) is 0.478. The molecule has 1 atom stereocenters. The van der Waals surface area contributed by atoms with Gasteiger partial charge in [-0.05, 0) is 54.6 Å². The van der Waals surface area contributed by atoms with Crippen molar-refractivity contribution in [3.63, 3.8) is 0 Å². The smallest absolute Gasteiger partial charge is 0.133 e. The molecule has 0 saturated carbocycles. The van der Waals surface area contributed by atoms with E-state index in [1.165, 1.54) is 42.4 Å². The molecule has 2 heteroatoms. The summed E-state index contributed by atoms with van der Waals surface area (Å²) in [4.78, 5) is 0. The van der Waals surface area contributed by atoms with Gasteiger partial charge >= 0.3 is 0 Å². The Morgan fingerprint density at radius 3 is 2.32 bits per heavy atom. The van der Waals surface area contributed by atoms with E-state index < -0.39 is 0 Å². The van der Waals surface area contributed by atoms with Gasteiger partial charge in [0.25, 0.3) is 0 Å². The molecular weight excluding hydrogens is 320 g/mol. The van der Waals surface area contributed by atoms with Crippen LogP contribution in [0.2, 0.25) is 18.6 Å². The fourth-order valence-corrected chi connectivity index (χ4v) is 4.67. The van der Waals surface area contributed by atoms with E-state index in [1.807, 2.05) is 30.3 Å². The minimum absolute atomic E-state index is 0.318. The normalized spacial score (nSPS) is 12.4. The molecule has 0 spiro atoms. The third kappa shape index (κ3) is 5.74. The van der Waals surface area contributed by atoms with Crippen LogP contribution in [-0.4, -0.2) is 8.80 Å². The summed E-state index contributed by atoms with van der Waals surface area (Å²) in [7, 11) is -0.318. The van der Waals surface area contributed by atoms with Gasteiger partial charge in [0.2, 0.25) is 0 Å². The van der Waals surface area contributed by atoms with Crippen LogP contribution >= 0.6 is 0 Å². The van der Waals surface area contributed by atoms with E-state index in [9.17, 15) is 0 Å². The molecule has 0 heterocycles. The topological polar surface area (TPSA) is 9.23 Å². The third-order valence-corrected chi connectivity index (χ3v) is 7.29. The number of aryl methyl sites for hydroxylation is 1. The summed E-state index contributed by atoms with van der Waals surface area (Å²) in [5.74, 6) is 2.01. The highest BCUT2D eigenvalue weighted by Gasteiger charge is 2.19. The molecular formula is C23H33OSi. The Bertz CT molecular complexity index is 649. The Labute approximate surface area is 156 Å². The minimum atomic E-state index is -0.318. The SMILES string of the molecule is CCCCCC(Cc1ccc(C)c(C)c1Oc1ccccc1)[Si](C)C. The molecule has 1 unspecified atom stereocenters. The summed E-state index contributed by atoms with van der Waals surface area (Å²) in [6, 6.07) is 14.7. The van der Waals surface area contributed by atoms with Crippen molar-refractivity contribution < 1.29 is 4.74 Å². The van der Waals surface area contributed by atoms with Gasteiger partial charge in [0.1, 0.15) is 11.5 Å². The van der Waals surface area contributed by atoms with Crippen LogP contribution in [0.15, 0.2) is 42.5 Å². The van der Waals surface area contributed by atoms with Crippen LogP contribution in [0, 0.1) is 13.8 Å². The quantitative estimate of drug-likeness (QED) is 0.338. The Kier molecular flexibility index (Phi) is 7.76. The molecule has 0 amide bonds. The summed E-state index contributed by atoms with van der Waals surface area (Å²) in [5.41, 5.74) is 4.77. The summed E-state index contributed by atoms with van der Waals surface area (Å²) < 4.78 is 6.34. The first-order chi connectivity index (χ1) is 12.0. The molecule has 135 valence electrons.